The minimum absolute atomic E-state index is 0.353. The second kappa shape index (κ2) is 5.20. The highest BCUT2D eigenvalue weighted by molar-refractivity contribution is 5.40. The maximum absolute atomic E-state index is 5.93. The lowest BCUT2D eigenvalue weighted by Crippen LogP contribution is -2.40. The van der Waals surface area contributed by atoms with Crippen LogP contribution in [0, 0.1) is 0 Å². The van der Waals surface area contributed by atoms with E-state index < -0.39 is 0 Å². The van der Waals surface area contributed by atoms with E-state index in [1.807, 2.05) is 0 Å². The van der Waals surface area contributed by atoms with Crippen molar-refractivity contribution >= 4 is 5.82 Å². The molecule has 0 saturated carbocycles. The molecule has 0 spiro atoms. The zero-order valence-corrected chi connectivity index (χ0v) is 10.6. The molecule has 0 radical (unpaired) electrons. The van der Waals surface area contributed by atoms with E-state index in [1.54, 1.807) is 6.33 Å². The van der Waals surface area contributed by atoms with Crippen molar-refractivity contribution in [1.29, 1.82) is 0 Å². The predicted molar refractivity (Wildman–Crippen MR) is 69.6 cm³/mol. The molecule has 1 aromatic rings. The van der Waals surface area contributed by atoms with E-state index in [9.17, 15) is 0 Å². The molecule has 0 bridgehead atoms. The van der Waals surface area contributed by atoms with Crippen LogP contribution in [0.15, 0.2) is 12.4 Å². The van der Waals surface area contributed by atoms with Gasteiger partial charge in [0.15, 0.2) is 0 Å². The van der Waals surface area contributed by atoms with Crippen molar-refractivity contribution in [1.82, 2.24) is 9.97 Å². The van der Waals surface area contributed by atoms with Gasteiger partial charge in [-0.05, 0) is 19.3 Å². The van der Waals surface area contributed by atoms with Crippen molar-refractivity contribution < 1.29 is 4.74 Å². The molecule has 0 aliphatic carbocycles. The number of anilines is 1. The quantitative estimate of drug-likeness (QED) is 0.842. The largest absolute Gasteiger partial charge is 0.381 e. The first kappa shape index (κ1) is 11.9. The molecule has 3 heterocycles. The predicted octanol–water partition coefficient (Wildman–Crippen LogP) is 0.908. The highest BCUT2D eigenvalue weighted by atomic mass is 16.5. The van der Waals surface area contributed by atoms with Crippen LogP contribution in [-0.2, 0) is 4.74 Å². The normalized spacial score (nSPS) is 25.6. The zero-order chi connectivity index (χ0) is 12.4. The van der Waals surface area contributed by atoms with Crippen LogP contribution >= 0.6 is 0 Å². The third kappa shape index (κ3) is 2.47. The summed E-state index contributed by atoms with van der Waals surface area (Å²) in [6, 6.07) is 2.47. The summed E-state index contributed by atoms with van der Waals surface area (Å²) in [5.74, 6) is 1.48. The summed E-state index contributed by atoms with van der Waals surface area (Å²) in [4.78, 5) is 11.1. The molecule has 1 atom stereocenters. The van der Waals surface area contributed by atoms with Gasteiger partial charge in [0.05, 0.1) is 12.3 Å². The Morgan fingerprint density at radius 1 is 1.22 bits per heavy atom. The fourth-order valence-corrected chi connectivity index (χ4v) is 2.65. The molecule has 1 aromatic heterocycles. The van der Waals surface area contributed by atoms with Crippen molar-refractivity contribution in [3.8, 4) is 0 Å². The molecule has 0 unspecified atom stereocenters. The molecule has 2 aliphatic heterocycles. The van der Waals surface area contributed by atoms with Gasteiger partial charge in [-0.3, -0.25) is 0 Å². The molecule has 2 fully saturated rings. The molecule has 2 saturated heterocycles. The molecule has 5 heteroatoms. The van der Waals surface area contributed by atoms with Crippen LogP contribution in [0.4, 0.5) is 5.82 Å². The van der Waals surface area contributed by atoms with Gasteiger partial charge in [0.1, 0.15) is 12.1 Å². The van der Waals surface area contributed by atoms with Crippen LogP contribution in [0.25, 0.3) is 0 Å². The molecule has 3 rings (SSSR count). The van der Waals surface area contributed by atoms with Crippen LogP contribution in [-0.4, -0.2) is 42.3 Å². The number of nitrogens with two attached hydrogens (primary N) is 1. The topological polar surface area (TPSA) is 64.3 Å². The summed E-state index contributed by atoms with van der Waals surface area (Å²) in [5.41, 5.74) is 7.05. The molecule has 18 heavy (non-hydrogen) atoms. The van der Waals surface area contributed by atoms with Crippen molar-refractivity contribution in [2.45, 2.75) is 31.2 Å². The van der Waals surface area contributed by atoms with Crippen LogP contribution in [0.3, 0.4) is 0 Å². The minimum Gasteiger partial charge on any atom is -0.381 e. The molecular formula is C13H20N4O. The summed E-state index contributed by atoms with van der Waals surface area (Å²) < 4.78 is 5.42. The van der Waals surface area contributed by atoms with Crippen LogP contribution in [0.2, 0.25) is 0 Å². The standard InChI is InChI=1S/C13H20N4O/c14-11-1-4-17(5-2-11)13-7-12(15-9-16-13)10-3-6-18-8-10/h7,9-11H,1-6,8,14H2/t10-/m1/s1. The van der Waals surface area contributed by atoms with Crippen LogP contribution in [0.1, 0.15) is 30.9 Å². The highest BCUT2D eigenvalue weighted by Crippen LogP contribution is 2.26. The van der Waals surface area contributed by atoms with E-state index in [0.717, 1.165) is 57.1 Å². The van der Waals surface area contributed by atoms with Crippen LogP contribution in [0.5, 0.6) is 0 Å². The van der Waals surface area contributed by atoms with Gasteiger partial charge in [0, 0.05) is 37.7 Å². The number of hydrogen-bond acceptors (Lipinski definition) is 5. The van der Waals surface area contributed by atoms with Gasteiger partial charge >= 0.3 is 0 Å². The lowest BCUT2D eigenvalue weighted by atomic mass is 10.0. The van der Waals surface area contributed by atoms with Crippen LogP contribution < -0.4 is 10.6 Å². The van der Waals surface area contributed by atoms with Gasteiger partial charge in [0.2, 0.25) is 0 Å². The third-order valence-electron chi connectivity index (χ3n) is 3.89. The summed E-state index contributed by atoms with van der Waals surface area (Å²) in [5, 5.41) is 0. The monoisotopic (exact) mass is 248 g/mol. The first-order valence-electron chi connectivity index (χ1n) is 6.73. The van der Waals surface area contributed by atoms with Gasteiger partial charge < -0.3 is 15.4 Å². The maximum Gasteiger partial charge on any atom is 0.132 e. The molecule has 5 nitrogen and oxygen atoms in total. The zero-order valence-electron chi connectivity index (χ0n) is 10.6. The number of rotatable bonds is 2. The summed E-state index contributed by atoms with van der Waals surface area (Å²) >= 11 is 0. The summed E-state index contributed by atoms with van der Waals surface area (Å²) in [6.07, 6.45) is 4.84. The Morgan fingerprint density at radius 2 is 2.06 bits per heavy atom. The van der Waals surface area contributed by atoms with Gasteiger partial charge in [-0.15, -0.1) is 0 Å². The number of ether oxygens (including phenoxy) is 1. The Morgan fingerprint density at radius 3 is 2.78 bits per heavy atom. The lowest BCUT2D eigenvalue weighted by Gasteiger charge is -2.31. The number of nitrogens with zero attached hydrogens (tertiary/aromatic N) is 3. The van der Waals surface area contributed by atoms with Gasteiger partial charge in [0.25, 0.3) is 0 Å². The van der Waals surface area contributed by atoms with Crippen molar-refractivity contribution in [3.05, 3.63) is 18.1 Å². The number of piperidine rings is 1. The average Bonchev–Trinajstić information content (AvgIpc) is 2.94. The van der Waals surface area contributed by atoms with Gasteiger partial charge in [-0.2, -0.15) is 0 Å². The number of aromatic nitrogens is 2. The Bertz CT molecular complexity index is 398. The van der Waals surface area contributed by atoms with Gasteiger partial charge in [-0.25, -0.2) is 9.97 Å². The molecule has 2 aliphatic rings. The number of hydrogen-bond donors (Lipinski definition) is 1. The molecule has 0 aromatic carbocycles. The molecule has 2 N–H and O–H groups in total. The summed E-state index contributed by atoms with van der Waals surface area (Å²) in [6.45, 7) is 3.64. The third-order valence-corrected chi connectivity index (χ3v) is 3.89. The van der Waals surface area contributed by atoms with E-state index >= 15 is 0 Å². The fourth-order valence-electron chi connectivity index (χ4n) is 2.65. The minimum atomic E-state index is 0.353. The van der Waals surface area contributed by atoms with E-state index in [4.69, 9.17) is 10.5 Å². The fraction of sp³-hybridized carbons (Fsp3) is 0.692. The Hall–Kier alpha value is -1.20. The maximum atomic E-state index is 5.93. The van der Waals surface area contributed by atoms with E-state index in [2.05, 4.69) is 20.9 Å². The molecule has 98 valence electrons. The van der Waals surface area contributed by atoms with E-state index in [-0.39, 0.29) is 0 Å². The van der Waals surface area contributed by atoms with E-state index in [1.165, 1.54) is 0 Å². The molecular weight excluding hydrogens is 228 g/mol. The van der Waals surface area contributed by atoms with E-state index in [0.29, 0.717) is 12.0 Å². The summed E-state index contributed by atoms with van der Waals surface area (Å²) in [7, 11) is 0. The van der Waals surface area contributed by atoms with Gasteiger partial charge in [-0.1, -0.05) is 0 Å². The van der Waals surface area contributed by atoms with Crippen molar-refractivity contribution in [2.75, 3.05) is 31.2 Å². The smallest absolute Gasteiger partial charge is 0.132 e. The Balaban J connectivity index is 1.74. The average molecular weight is 248 g/mol. The van der Waals surface area contributed by atoms with Crippen molar-refractivity contribution in [3.63, 3.8) is 0 Å². The molecule has 0 amide bonds. The van der Waals surface area contributed by atoms with Crippen molar-refractivity contribution in [2.24, 2.45) is 5.73 Å². The lowest BCUT2D eigenvalue weighted by molar-refractivity contribution is 0.193. The second-order valence-corrected chi connectivity index (χ2v) is 5.19. The second-order valence-electron chi connectivity index (χ2n) is 5.19. The first-order chi connectivity index (χ1) is 8.83. The first-order valence-corrected chi connectivity index (χ1v) is 6.73. The Labute approximate surface area is 107 Å². The highest BCUT2D eigenvalue weighted by Gasteiger charge is 2.22. The Kier molecular flexibility index (Phi) is 3.43. The SMILES string of the molecule is NC1CCN(c2cc([C@@H]3CCOC3)ncn2)CC1.